The molecule has 1 aromatic heterocycles. The number of aliphatic imine (C=N–C) groups is 1. The fraction of sp³-hybridized carbons (Fsp3) is 0.476. The van der Waals surface area contributed by atoms with Crippen LogP contribution in [0.25, 0.3) is 0 Å². The van der Waals surface area contributed by atoms with Crippen LogP contribution in [-0.4, -0.2) is 38.2 Å². The maximum Gasteiger partial charge on any atom is 0.191 e. The second-order valence-electron chi connectivity index (χ2n) is 7.06. The molecule has 0 aliphatic carbocycles. The summed E-state index contributed by atoms with van der Waals surface area (Å²) in [6.07, 6.45) is 2.03. The number of hydrogen-bond acceptors (Lipinski definition) is 3. The number of thiophene rings is 1. The summed E-state index contributed by atoms with van der Waals surface area (Å²) in [5, 5.41) is 11.3. The molecule has 1 fully saturated rings. The average Bonchev–Trinajstić information content (AvgIpc) is 3.21. The van der Waals surface area contributed by atoms with E-state index in [1.165, 1.54) is 11.6 Å². The van der Waals surface area contributed by atoms with E-state index in [0.717, 1.165) is 50.7 Å². The summed E-state index contributed by atoms with van der Waals surface area (Å²) in [4.78, 5) is 7.04. The second-order valence-corrected chi connectivity index (χ2v) is 7.84. The standard InChI is InChI=1S/C21H29FN4S.HI/c1-3-23-21(24-14-16(2)17-9-12-27-15-17)25-19-7-10-26(11-8-19)20-6-4-5-18(22)13-20;/h4-6,9,12-13,15-16,19H,3,7-8,10-11,14H2,1-2H3,(H2,23,24,25);1H. The molecule has 0 bridgehead atoms. The normalized spacial score (nSPS) is 16.4. The molecule has 1 aromatic carbocycles. The zero-order valence-corrected chi connectivity index (χ0v) is 19.7. The Hall–Kier alpha value is -1.35. The molecule has 1 saturated heterocycles. The number of piperidine rings is 1. The van der Waals surface area contributed by atoms with E-state index < -0.39 is 0 Å². The first-order valence-electron chi connectivity index (χ1n) is 9.73. The van der Waals surface area contributed by atoms with Crippen LogP contribution in [-0.2, 0) is 0 Å². The van der Waals surface area contributed by atoms with Gasteiger partial charge in [-0.1, -0.05) is 13.0 Å². The molecule has 0 spiro atoms. The zero-order valence-electron chi connectivity index (χ0n) is 16.5. The predicted octanol–water partition coefficient (Wildman–Crippen LogP) is 4.83. The number of nitrogens with zero attached hydrogens (tertiary/aromatic N) is 2. The maximum absolute atomic E-state index is 13.4. The molecule has 2 heterocycles. The van der Waals surface area contributed by atoms with Crippen molar-refractivity contribution in [2.75, 3.05) is 31.1 Å². The molecule has 1 aliphatic rings. The quantitative estimate of drug-likeness (QED) is 0.328. The van der Waals surface area contributed by atoms with Gasteiger partial charge in [-0.15, -0.1) is 24.0 Å². The number of benzene rings is 1. The fourth-order valence-electron chi connectivity index (χ4n) is 3.36. The first kappa shape index (κ1) is 22.9. The molecule has 0 radical (unpaired) electrons. The summed E-state index contributed by atoms with van der Waals surface area (Å²) in [7, 11) is 0. The molecule has 0 saturated carbocycles. The zero-order chi connectivity index (χ0) is 19.1. The predicted molar refractivity (Wildman–Crippen MR) is 129 cm³/mol. The SMILES string of the molecule is CCNC(=NCC(C)c1ccsc1)NC1CCN(c2cccc(F)c2)CC1.I. The van der Waals surface area contributed by atoms with Crippen LogP contribution >= 0.6 is 35.3 Å². The molecular weight excluding hydrogens is 486 g/mol. The molecule has 7 heteroatoms. The fourth-order valence-corrected chi connectivity index (χ4v) is 4.14. The topological polar surface area (TPSA) is 39.7 Å². The Morgan fingerprint density at radius 3 is 2.75 bits per heavy atom. The van der Waals surface area contributed by atoms with E-state index in [4.69, 9.17) is 4.99 Å². The summed E-state index contributed by atoms with van der Waals surface area (Å²) in [5.41, 5.74) is 2.32. The number of anilines is 1. The van der Waals surface area contributed by atoms with E-state index >= 15 is 0 Å². The Kier molecular flexibility index (Phi) is 9.50. The molecule has 1 atom stereocenters. The van der Waals surface area contributed by atoms with E-state index in [2.05, 4.69) is 46.2 Å². The van der Waals surface area contributed by atoms with Gasteiger partial charge in [-0.25, -0.2) is 4.39 Å². The van der Waals surface area contributed by atoms with Gasteiger partial charge in [-0.3, -0.25) is 4.99 Å². The van der Waals surface area contributed by atoms with Crippen molar-refractivity contribution in [1.82, 2.24) is 10.6 Å². The number of halogens is 2. The van der Waals surface area contributed by atoms with Crippen LogP contribution in [0.3, 0.4) is 0 Å². The molecule has 1 aliphatic heterocycles. The Balaban J connectivity index is 0.00000280. The summed E-state index contributed by atoms with van der Waals surface area (Å²) < 4.78 is 13.4. The van der Waals surface area contributed by atoms with Crippen LogP contribution in [0.15, 0.2) is 46.1 Å². The van der Waals surface area contributed by atoms with Crippen molar-refractivity contribution in [1.29, 1.82) is 0 Å². The Morgan fingerprint density at radius 2 is 2.11 bits per heavy atom. The molecular formula is C21H30FIN4S. The minimum Gasteiger partial charge on any atom is -0.371 e. The second kappa shape index (κ2) is 11.6. The van der Waals surface area contributed by atoms with E-state index in [1.807, 2.05) is 6.07 Å². The molecule has 28 heavy (non-hydrogen) atoms. The third kappa shape index (κ3) is 6.62. The lowest BCUT2D eigenvalue weighted by Crippen LogP contribution is -2.48. The monoisotopic (exact) mass is 516 g/mol. The minimum absolute atomic E-state index is 0. The van der Waals surface area contributed by atoms with Crippen LogP contribution in [0.5, 0.6) is 0 Å². The van der Waals surface area contributed by atoms with Gasteiger partial charge < -0.3 is 15.5 Å². The minimum atomic E-state index is -0.172. The van der Waals surface area contributed by atoms with Crippen LogP contribution in [0.4, 0.5) is 10.1 Å². The first-order chi connectivity index (χ1) is 13.2. The largest absolute Gasteiger partial charge is 0.371 e. The molecule has 2 N–H and O–H groups in total. The van der Waals surface area contributed by atoms with Crippen LogP contribution in [0.1, 0.15) is 38.2 Å². The Morgan fingerprint density at radius 1 is 1.32 bits per heavy atom. The van der Waals surface area contributed by atoms with Crippen molar-refractivity contribution in [2.24, 2.45) is 4.99 Å². The Labute approximate surface area is 188 Å². The van der Waals surface area contributed by atoms with Crippen molar-refractivity contribution >= 4 is 47.0 Å². The number of hydrogen-bond donors (Lipinski definition) is 2. The third-order valence-corrected chi connectivity index (χ3v) is 5.69. The van der Waals surface area contributed by atoms with Crippen LogP contribution < -0.4 is 15.5 Å². The maximum atomic E-state index is 13.4. The van der Waals surface area contributed by atoms with E-state index in [1.54, 1.807) is 23.5 Å². The summed E-state index contributed by atoms with van der Waals surface area (Å²) in [6, 6.07) is 9.43. The first-order valence-corrected chi connectivity index (χ1v) is 10.7. The molecule has 1 unspecified atom stereocenters. The summed E-state index contributed by atoms with van der Waals surface area (Å²) in [5.74, 6) is 1.14. The lowest BCUT2D eigenvalue weighted by molar-refractivity contribution is 0.461. The summed E-state index contributed by atoms with van der Waals surface area (Å²) in [6.45, 7) is 7.77. The number of rotatable bonds is 6. The average molecular weight is 516 g/mol. The van der Waals surface area contributed by atoms with Gasteiger partial charge in [0.1, 0.15) is 5.82 Å². The summed E-state index contributed by atoms with van der Waals surface area (Å²) >= 11 is 1.73. The molecule has 0 amide bonds. The Bertz CT molecular complexity index is 730. The van der Waals surface area contributed by atoms with Gasteiger partial charge in [0.05, 0.1) is 0 Å². The van der Waals surface area contributed by atoms with Gasteiger partial charge in [0.15, 0.2) is 5.96 Å². The van der Waals surface area contributed by atoms with Crippen LogP contribution in [0, 0.1) is 5.82 Å². The van der Waals surface area contributed by atoms with Crippen molar-refractivity contribution < 1.29 is 4.39 Å². The van der Waals surface area contributed by atoms with E-state index in [-0.39, 0.29) is 29.8 Å². The highest BCUT2D eigenvalue weighted by Crippen LogP contribution is 2.21. The third-order valence-electron chi connectivity index (χ3n) is 4.99. The van der Waals surface area contributed by atoms with Crippen molar-refractivity contribution in [3.05, 3.63) is 52.5 Å². The highest BCUT2D eigenvalue weighted by Gasteiger charge is 2.20. The van der Waals surface area contributed by atoms with Gasteiger partial charge in [0, 0.05) is 43.8 Å². The molecule has 2 aromatic rings. The van der Waals surface area contributed by atoms with Gasteiger partial charge in [-0.05, 0) is 60.4 Å². The van der Waals surface area contributed by atoms with Crippen LogP contribution in [0.2, 0.25) is 0 Å². The molecule has 4 nitrogen and oxygen atoms in total. The van der Waals surface area contributed by atoms with Crippen molar-refractivity contribution in [3.8, 4) is 0 Å². The lowest BCUT2D eigenvalue weighted by Gasteiger charge is -2.34. The van der Waals surface area contributed by atoms with Crippen molar-refractivity contribution in [3.63, 3.8) is 0 Å². The number of guanidine groups is 1. The lowest BCUT2D eigenvalue weighted by atomic mass is 10.0. The van der Waals surface area contributed by atoms with Crippen molar-refractivity contribution in [2.45, 2.75) is 38.6 Å². The van der Waals surface area contributed by atoms with E-state index in [9.17, 15) is 4.39 Å². The molecule has 3 rings (SSSR count). The highest BCUT2D eigenvalue weighted by molar-refractivity contribution is 14.0. The van der Waals surface area contributed by atoms with Gasteiger partial charge in [0.25, 0.3) is 0 Å². The smallest absolute Gasteiger partial charge is 0.191 e. The van der Waals surface area contributed by atoms with Gasteiger partial charge in [-0.2, -0.15) is 11.3 Å². The number of nitrogens with one attached hydrogen (secondary N) is 2. The van der Waals surface area contributed by atoms with Gasteiger partial charge >= 0.3 is 0 Å². The molecule has 154 valence electrons. The van der Waals surface area contributed by atoms with Gasteiger partial charge in [0.2, 0.25) is 0 Å². The van der Waals surface area contributed by atoms with E-state index in [0.29, 0.717) is 12.0 Å². The highest BCUT2D eigenvalue weighted by atomic mass is 127.